The molecule has 1 fully saturated rings. The van der Waals surface area contributed by atoms with E-state index in [9.17, 15) is 4.79 Å². The van der Waals surface area contributed by atoms with E-state index >= 15 is 0 Å². The Morgan fingerprint density at radius 3 is 2.64 bits per heavy atom. The zero-order valence-corrected chi connectivity index (χ0v) is 14.9. The molecule has 25 heavy (non-hydrogen) atoms. The molecule has 0 unspecified atom stereocenters. The van der Waals surface area contributed by atoms with Crippen LogP contribution in [0.5, 0.6) is 0 Å². The van der Waals surface area contributed by atoms with Crippen molar-refractivity contribution in [2.24, 2.45) is 0 Å². The quantitative estimate of drug-likeness (QED) is 0.815. The maximum atomic E-state index is 13.7. The van der Waals surface area contributed by atoms with E-state index in [2.05, 4.69) is 0 Å². The van der Waals surface area contributed by atoms with E-state index in [4.69, 9.17) is 20.8 Å². The van der Waals surface area contributed by atoms with Gasteiger partial charge >= 0.3 is 0 Å². The van der Waals surface area contributed by atoms with Crippen LogP contribution in [0.4, 0.5) is 0 Å². The summed E-state index contributed by atoms with van der Waals surface area (Å²) in [6, 6.07) is 9.72. The highest BCUT2D eigenvalue weighted by atomic mass is 35.5. The number of ether oxygens (including phenoxy) is 1. The molecule has 1 aromatic heterocycles. The van der Waals surface area contributed by atoms with Crippen LogP contribution in [0.15, 0.2) is 41.0 Å². The number of rotatable bonds is 2. The van der Waals surface area contributed by atoms with Crippen molar-refractivity contribution >= 4 is 17.5 Å². The second-order valence-electron chi connectivity index (χ2n) is 6.90. The Kier molecular flexibility index (Phi) is 4.57. The van der Waals surface area contributed by atoms with Gasteiger partial charge in [-0.15, -0.1) is 0 Å². The summed E-state index contributed by atoms with van der Waals surface area (Å²) in [5.41, 5.74) is 1.66. The first kappa shape index (κ1) is 16.7. The van der Waals surface area contributed by atoms with Gasteiger partial charge in [0.2, 0.25) is 5.91 Å². The molecular formula is C20H22ClNO3. The zero-order valence-electron chi connectivity index (χ0n) is 14.2. The molecular weight excluding hydrogens is 338 g/mol. The molecule has 4 rings (SSSR count). The minimum Gasteiger partial charge on any atom is -0.469 e. The summed E-state index contributed by atoms with van der Waals surface area (Å²) >= 11 is 6.06. The topological polar surface area (TPSA) is 42.7 Å². The predicted octanol–water partition coefficient (Wildman–Crippen LogP) is 3.96. The molecule has 4 nitrogen and oxygen atoms in total. The van der Waals surface area contributed by atoms with Gasteiger partial charge in [-0.3, -0.25) is 4.79 Å². The van der Waals surface area contributed by atoms with Crippen molar-refractivity contribution in [1.82, 2.24) is 4.90 Å². The number of carbonyl (C=O) groups is 1. The van der Waals surface area contributed by atoms with Gasteiger partial charge < -0.3 is 14.1 Å². The fourth-order valence-electron chi connectivity index (χ4n) is 4.03. The Bertz CT molecular complexity index is 747. The molecule has 2 aliphatic heterocycles. The van der Waals surface area contributed by atoms with Gasteiger partial charge in [0.25, 0.3) is 0 Å². The second kappa shape index (κ2) is 6.85. The highest BCUT2D eigenvalue weighted by Crippen LogP contribution is 2.38. The third-order valence-corrected chi connectivity index (χ3v) is 5.72. The fraction of sp³-hybridized carbons (Fsp3) is 0.450. The molecule has 0 saturated carbocycles. The summed E-state index contributed by atoms with van der Waals surface area (Å²) in [5.74, 6) is 1.22. The first-order chi connectivity index (χ1) is 12.2. The highest BCUT2D eigenvalue weighted by molar-refractivity contribution is 6.30. The molecule has 0 radical (unpaired) electrons. The summed E-state index contributed by atoms with van der Waals surface area (Å²) in [5, 5.41) is 0.691. The average Bonchev–Trinajstić information content (AvgIpc) is 2.99. The largest absolute Gasteiger partial charge is 0.469 e. The first-order valence-electron chi connectivity index (χ1n) is 8.87. The summed E-state index contributed by atoms with van der Waals surface area (Å²) in [6.45, 7) is 2.61. The van der Waals surface area contributed by atoms with Crippen LogP contribution in [0.25, 0.3) is 0 Å². The number of carbonyl (C=O) groups excluding carboxylic acids is 1. The number of fused-ring (bicyclic) bond motifs is 1. The molecule has 2 aromatic rings. The standard InChI is InChI=1S/C20H22ClNO3/c21-17-5-3-16(4-6-17)20(8-12-24-13-9-20)19(23)22-10-1-2-18-15(14-22)7-11-25-18/h3-7,11H,1-2,8-10,12-14H2. The molecule has 3 heterocycles. The Balaban J connectivity index is 1.67. The number of furan rings is 1. The minimum atomic E-state index is -0.517. The monoisotopic (exact) mass is 359 g/mol. The molecule has 5 heteroatoms. The van der Waals surface area contributed by atoms with Gasteiger partial charge in [0.05, 0.1) is 11.7 Å². The van der Waals surface area contributed by atoms with Crippen LogP contribution < -0.4 is 0 Å². The van der Waals surface area contributed by atoms with Gasteiger partial charge in [0.15, 0.2) is 0 Å². The lowest BCUT2D eigenvalue weighted by Gasteiger charge is -2.40. The number of nitrogens with zero attached hydrogens (tertiary/aromatic N) is 1. The van der Waals surface area contributed by atoms with Crippen LogP contribution in [0.3, 0.4) is 0 Å². The fourth-order valence-corrected chi connectivity index (χ4v) is 4.16. The van der Waals surface area contributed by atoms with E-state index < -0.39 is 5.41 Å². The lowest BCUT2D eigenvalue weighted by Crippen LogP contribution is -2.49. The van der Waals surface area contributed by atoms with Gasteiger partial charge in [0, 0.05) is 43.3 Å². The van der Waals surface area contributed by atoms with Crippen LogP contribution in [0, 0.1) is 0 Å². The third-order valence-electron chi connectivity index (χ3n) is 5.47. The van der Waals surface area contributed by atoms with Gasteiger partial charge in [0.1, 0.15) is 5.76 Å². The number of halogens is 1. The summed E-state index contributed by atoms with van der Waals surface area (Å²) in [4.78, 5) is 15.7. The molecule has 0 N–H and O–H groups in total. The average molecular weight is 360 g/mol. The predicted molar refractivity (Wildman–Crippen MR) is 95.6 cm³/mol. The maximum Gasteiger partial charge on any atom is 0.233 e. The lowest BCUT2D eigenvalue weighted by molar-refractivity contribution is -0.142. The van der Waals surface area contributed by atoms with Crippen LogP contribution in [-0.4, -0.2) is 30.6 Å². The SMILES string of the molecule is O=C(N1CCCc2occc2C1)C1(c2ccc(Cl)cc2)CCOCC1. The number of amides is 1. The number of benzene rings is 1. The van der Waals surface area contributed by atoms with E-state index in [0.29, 0.717) is 37.6 Å². The molecule has 1 aromatic carbocycles. The van der Waals surface area contributed by atoms with Crippen molar-refractivity contribution in [2.45, 2.75) is 37.6 Å². The Labute approximate surface area is 152 Å². The molecule has 2 aliphatic rings. The van der Waals surface area contributed by atoms with Crippen molar-refractivity contribution in [3.8, 4) is 0 Å². The van der Waals surface area contributed by atoms with Crippen LogP contribution in [-0.2, 0) is 27.9 Å². The molecule has 1 saturated heterocycles. The number of aryl methyl sites for hydroxylation is 1. The van der Waals surface area contributed by atoms with Crippen LogP contribution >= 0.6 is 11.6 Å². The number of hydrogen-bond acceptors (Lipinski definition) is 3. The van der Waals surface area contributed by atoms with Gasteiger partial charge in [-0.25, -0.2) is 0 Å². The Morgan fingerprint density at radius 2 is 1.88 bits per heavy atom. The van der Waals surface area contributed by atoms with Crippen molar-refractivity contribution in [1.29, 1.82) is 0 Å². The van der Waals surface area contributed by atoms with Crippen molar-refractivity contribution in [2.75, 3.05) is 19.8 Å². The first-order valence-corrected chi connectivity index (χ1v) is 9.25. The normalized spacial score (nSPS) is 20.0. The summed E-state index contributed by atoms with van der Waals surface area (Å²) in [7, 11) is 0. The van der Waals surface area contributed by atoms with Crippen LogP contribution in [0.2, 0.25) is 5.02 Å². The van der Waals surface area contributed by atoms with Crippen LogP contribution in [0.1, 0.15) is 36.1 Å². The smallest absolute Gasteiger partial charge is 0.233 e. The molecule has 0 aliphatic carbocycles. The maximum absolute atomic E-state index is 13.7. The molecule has 1 amide bonds. The molecule has 132 valence electrons. The Hall–Kier alpha value is -1.78. The summed E-state index contributed by atoms with van der Waals surface area (Å²) < 4.78 is 11.1. The van der Waals surface area contributed by atoms with E-state index in [-0.39, 0.29) is 5.91 Å². The van der Waals surface area contributed by atoms with Gasteiger partial charge in [-0.05, 0) is 43.0 Å². The van der Waals surface area contributed by atoms with Gasteiger partial charge in [-0.1, -0.05) is 23.7 Å². The molecule has 0 atom stereocenters. The summed E-state index contributed by atoms with van der Waals surface area (Å²) in [6.07, 6.45) is 4.97. The van der Waals surface area contributed by atoms with E-state index in [1.54, 1.807) is 6.26 Å². The molecule has 0 spiro atoms. The van der Waals surface area contributed by atoms with E-state index in [1.165, 1.54) is 0 Å². The third kappa shape index (κ3) is 3.09. The van der Waals surface area contributed by atoms with Gasteiger partial charge in [-0.2, -0.15) is 0 Å². The second-order valence-corrected chi connectivity index (χ2v) is 7.34. The van der Waals surface area contributed by atoms with Crippen molar-refractivity contribution in [3.05, 3.63) is 58.5 Å². The lowest BCUT2D eigenvalue weighted by atomic mass is 9.73. The Morgan fingerprint density at radius 1 is 1.12 bits per heavy atom. The minimum absolute atomic E-state index is 0.201. The van der Waals surface area contributed by atoms with E-state index in [0.717, 1.165) is 36.3 Å². The van der Waals surface area contributed by atoms with Crippen molar-refractivity contribution < 1.29 is 13.9 Å². The van der Waals surface area contributed by atoms with Crippen molar-refractivity contribution in [3.63, 3.8) is 0 Å². The molecule has 0 bridgehead atoms. The highest BCUT2D eigenvalue weighted by Gasteiger charge is 2.44. The van der Waals surface area contributed by atoms with E-state index in [1.807, 2.05) is 35.2 Å². The zero-order chi connectivity index (χ0) is 17.3. The number of hydrogen-bond donors (Lipinski definition) is 0.